The van der Waals surface area contributed by atoms with Crippen molar-refractivity contribution < 1.29 is 27.5 Å². The number of anilines is 1. The fourth-order valence-electron chi connectivity index (χ4n) is 3.14. The van der Waals surface area contributed by atoms with Gasteiger partial charge in [-0.25, -0.2) is 0 Å². The van der Waals surface area contributed by atoms with Crippen LogP contribution >= 0.6 is 11.3 Å². The first-order valence-corrected chi connectivity index (χ1v) is 9.56. The smallest absolute Gasteiger partial charge is 0.381 e. The molecular formula is C19H19F3N2O3S. The lowest BCUT2D eigenvalue weighted by Gasteiger charge is -2.36. The number of rotatable bonds is 4. The summed E-state index contributed by atoms with van der Waals surface area (Å²) in [6.45, 7) is 1.38. The molecule has 0 bridgehead atoms. The first kappa shape index (κ1) is 20.3. The standard InChI is InChI=1S/C19H19F3N2O3S/c20-19(21,22)13-3-1-4-14(11-13)24-17(26)16(25)23-12-18(6-8-27-9-7-18)15-5-2-10-28-15/h1-5,10-11H,6-9,12H2,(H,23,25)(H,24,26). The fourth-order valence-corrected chi connectivity index (χ4v) is 4.13. The third kappa shape index (κ3) is 4.71. The summed E-state index contributed by atoms with van der Waals surface area (Å²) in [5, 5.41) is 6.79. The second-order valence-corrected chi connectivity index (χ2v) is 7.53. The maximum atomic E-state index is 12.8. The van der Waals surface area contributed by atoms with Crippen molar-refractivity contribution in [2.45, 2.75) is 24.4 Å². The van der Waals surface area contributed by atoms with Gasteiger partial charge in [-0.1, -0.05) is 12.1 Å². The highest BCUT2D eigenvalue weighted by atomic mass is 32.1. The van der Waals surface area contributed by atoms with E-state index in [1.165, 1.54) is 12.1 Å². The van der Waals surface area contributed by atoms with Crippen molar-refractivity contribution in [3.8, 4) is 0 Å². The molecule has 1 fully saturated rings. The van der Waals surface area contributed by atoms with Gasteiger partial charge in [-0.15, -0.1) is 11.3 Å². The lowest BCUT2D eigenvalue weighted by atomic mass is 9.78. The quantitative estimate of drug-likeness (QED) is 0.755. The Morgan fingerprint density at radius 3 is 2.50 bits per heavy atom. The number of alkyl halides is 3. The number of carbonyl (C=O) groups excluding carboxylic acids is 2. The number of thiophene rings is 1. The van der Waals surface area contributed by atoms with Gasteiger partial charge < -0.3 is 15.4 Å². The van der Waals surface area contributed by atoms with E-state index in [0.717, 1.165) is 17.0 Å². The number of halogens is 3. The van der Waals surface area contributed by atoms with E-state index < -0.39 is 23.6 Å². The highest BCUT2D eigenvalue weighted by Gasteiger charge is 2.36. The molecule has 1 saturated heterocycles. The van der Waals surface area contributed by atoms with Crippen LogP contribution in [0.5, 0.6) is 0 Å². The molecule has 5 nitrogen and oxygen atoms in total. The maximum absolute atomic E-state index is 12.8. The summed E-state index contributed by atoms with van der Waals surface area (Å²) in [7, 11) is 0. The molecule has 1 aliphatic rings. The van der Waals surface area contributed by atoms with E-state index in [1.807, 2.05) is 17.5 Å². The van der Waals surface area contributed by atoms with E-state index in [-0.39, 0.29) is 17.6 Å². The van der Waals surface area contributed by atoms with E-state index in [2.05, 4.69) is 10.6 Å². The predicted molar refractivity (Wildman–Crippen MR) is 99.1 cm³/mol. The van der Waals surface area contributed by atoms with Gasteiger partial charge in [0.25, 0.3) is 0 Å². The Morgan fingerprint density at radius 2 is 1.86 bits per heavy atom. The van der Waals surface area contributed by atoms with Crippen LogP contribution in [0.2, 0.25) is 0 Å². The minimum Gasteiger partial charge on any atom is -0.381 e. The third-order valence-electron chi connectivity index (χ3n) is 4.74. The zero-order chi connectivity index (χ0) is 20.2. The molecule has 0 radical (unpaired) electrons. The highest BCUT2D eigenvalue weighted by molar-refractivity contribution is 7.10. The zero-order valence-electron chi connectivity index (χ0n) is 14.8. The second kappa shape index (κ2) is 8.32. The third-order valence-corrected chi connectivity index (χ3v) is 5.85. The van der Waals surface area contributed by atoms with E-state index in [9.17, 15) is 22.8 Å². The van der Waals surface area contributed by atoms with Gasteiger partial charge in [-0.2, -0.15) is 13.2 Å². The number of amides is 2. The number of carbonyl (C=O) groups is 2. The molecule has 0 atom stereocenters. The normalized spacial score (nSPS) is 16.4. The summed E-state index contributed by atoms with van der Waals surface area (Å²) >= 11 is 1.58. The first-order valence-electron chi connectivity index (χ1n) is 8.68. The second-order valence-electron chi connectivity index (χ2n) is 6.59. The molecule has 0 saturated carbocycles. The lowest BCUT2D eigenvalue weighted by Crippen LogP contribution is -2.46. The molecule has 2 aromatic rings. The Hall–Kier alpha value is -2.39. The lowest BCUT2D eigenvalue weighted by molar-refractivity contribution is -0.137. The van der Waals surface area contributed by atoms with Crippen molar-refractivity contribution in [1.29, 1.82) is 0 Å². The van der Waals surface area contributed by atoms with Crippen LogP contribution in [0.3, 0.4) is 0 Å². The molecule has 9 heteroatoms. The molecule has 1 aromatic carbocycles. The number of hydrogen-bond acceptors (Lipinski definition) is 4. The first-order chi connectivity index (χ1) is 13.3. The van der Waals surface area contributed by atoms with Gasteiger partial charge in [0.2, 0.25) is 0 Å². The molecule has 3 rings (SSSR count). The Kier molecular flexibility index (Phi) is 6.04. The molecule has 1 aromatic heterocycles. The van der Waals surface area contributed by atoms with Crippen molar-refractivity contribution in [3.05, 3.63) is 52.2 Å². The molecule has 28 heavy (non-hydrogen) atoms. The van der Waals surface area contributed by atoms with Crippen LogP contribution in [-0.4, -0.2) is 31.6 Å². The van der Waals surface area contributed by atoms with Crippen molar-refractivity contribution in [2.75, 3.05) is 25.1 Å². The topological polar surface area (TPSA) is 67.4 Å². The molecule has 2 heterocycles. The summed E-state index contributed by atoms with van der Waals surface area (Å²) in [4.78, 5) is 25.4. The van der Waals surface area contributed by atoms with Crippen LogP contribution in [-0.2, 0) is 25.9 Å². The predicted octanol–water partition coefficient (Wildman–Crippen LogP) is 3.57. The number of hydrogen-bond donors (Lipinski definition) is 2. The number of nitrogens with one attached hydrogen (secondary N) is 2. The molecule has 150 valence electrons. The minimum atomic E-state index is -4.53. The van der Waals surface area contributed by atoms with Gasteiger partial charge in [0, 0.05) is 35.7 Å². The fraction of sp³-hybridized carbons (Fsp3) is 0.368. The van der Waals surface area contributed by atoms with Gasteiger partial charge >= 0.3 is 18.0 Å². The molecule has 0 spiro atoms. The molecule has 2 N–H and O–H groups in total. The van der Waals surface area contributed by atoms with Crippen molar-refractivity contribution in [2.24, 2.45) is 0 Å². The Balaban J connectivity index is 1.63. The molecule has 1 aliphatic heterocycles. The van der Waals surface area contributed by atoms with Gasteiger partial charge in [-0.3, -0.25) is 9.59 Å². The van der Waals surface area contributed by atoms with Crippen molar-refractivity contribution in [3.63, 3.8) is 0 Å². The van der Waals surface area contributed by atoms with Crippen LogP contribution in [0, 0.1) is 0 Å². The highest BCUT2D eigenvalue weighted by Crippen LogP contribution is 2.37. The average molecular weight is 412 g/mol. The van der Waals surface area contributed by atoms with Crippen LogP contribution in [0.1, 0.15) is 23.3 Å². The van der Waals surface area contributed by atoms with E-state index in [1.54, 1.807) is 11.3 Å². The Labute approximate surface area is 163 Å². The molecule has 0 unspecified atom stereocenters. The van der Waals surface area contributed by atoms with Gasteiger partial charge in [0.1, 0.15) is 0 Å². The Bertz CT molecular complexity index is 831. The summed E-state index contributed by atoms with van der Waals surface area (Å²) in [5.41, 5.74) is -1.29. The van der Waals surface area contributed by atoms with Crippen molar-refractivity contribution >= 4 is 28.8 Å². The molecular weight excluding hydrogens is 393 g/mol. The van der Waals surface area contributed by atoms with Crippen LogP contribution < -0.4 is 10.6 Å². The van der Waals surface area contributed by atoms with Crippen molar-refractivity contribution in [1.82, 2.24) is 5.32 Å². The van der Waals surface area contributed by atoms with Crippen LogP contribution in [0.15, 0.2) is 41.8 Å². The largest absolute Gasteiger partial charge is 0.416 e. The van der Waals surface area contributed by atoms with E-state index in [0.29, 0.717) is 26.1 Å². The van der Waals surface area contributed by atoms with E-state index >= 15 is 0 Å². The van der Waals surface area contributed by atoms with E-state index in [4.69, 9.17) is 4.74 Å². The molecule has 2 amide bonds. The average Bonchev–Trinajstić information content (AvgIpc) is 3.22. The maximum Gasteiger partial charge on any atom is 0.416 e. The monoisotopic (exact) mass is 412 g/mol. The minimum absolute atomic E-state index is 0.0889. The summed E-state index contributed by atoms with van der Waals surface area (Å²) in [5.74, 6) is -1.90. The summed E-state index contributed by atoms with van der Waals surface area (Å²) in [6, 6.07) is 8.07. The SMILES string of the molecule is O=C(NCC1(c2cccs2)CCOCC1)C(=O)Nc1cccc(C(F)(F)F)c1. The van der Waals surface area contributed by atoms with Crippen LogP contribution in [0.4, 0.5) is 18.9 Å². The molecule has 0 aliphatic carbocycles. The number of ether oxygens (including phenoxy) is 1. The van der Waals surface area contributed by atoms with Gasteiger partial charge in [-0.05, 0) is 42.5 Å². The van der Waals surface area contributed by atoms with Gasteiger partial charge in [0.15, 0.2) is 0 Å². The zero-order valence-corrected chi connectivity index (χ0v) is 15.7. The van der Waals surface area contributed by atoms with Crippen LogP contribution in [0.25, 0.3) is 0 Å². The van der Waals surface area contributed by atoms with Gasteiger partial charge in [0.05, 0.1) is 5.56 Å². The summed E-state index contributed by atoms with van der Waals surface area (Å²) in [6.07, 6.45) is -3.11. The Morgan fingerprint density at radius 1 is 1.11 bits per heavy atom. The summed E-state index contributed by atoms with van der Waals surface area (Å²) < 4.78 is 43.7. The number of benzene rings is 1.